The predicted octanol–water partition coefficient (Wildman–Crippen LogP) is 4.05. The van der Waals surface area contributed by atoms with Crippen LogP contribution in [0.4, 0.5) is 0 Å². The first-order chi connectivity index (χ1) is 12.9. The van der Waals surface area contributed by atoms with Crippen molar-refractivity contribution in [2.75, 3.05) is 6.61 Å². The Morgan fingerprint density at radius 2 is 1.74 bits per heavy atom. The van der Waals surface area contributed by atoms with Crippen molar-refractivity contribution in [2.24, 2.45) is 0 Å². The fourth-order valence-electron chi connectivity index (χ4n) is 3.68. The first kappa shape index (κ1) is 19.5. The summed E-state index contributed by atoms with van der Waals surface area (Å²) in [6.45, 7) is 6.13. The van der Waals surface area contributed by atoms with Gasteiger partial charge in [-0.3, -0.25) is 9.59 Å². The molecule has 0 saturated carbocycles. The van der Waals surface area contributed by atoms with Crippen LogP contribution in [-0.2, 0) is 14.3 Å². The van der Waals surface area contributed by atoms with Crippen molar-refractivity contribution in [3.05, 3.63) is 47.0 Å². The summed E-state index contributed by atoms with van der Waals surface area (Å²) in [6.07, 6.45) is 5.84. The van der Waals surface area contributed by atoms with Gasteiger partial charge in [0.15, 0.2) is 11.4 Å². The highest BCUT2D eigenvalue weighted by Gasteiger charge is 2.85. The van der Waals surface area contributed by atoms with Gasteiger partial charge in [-0.1, -0.05) is 62.1 Å². The van der Waals surface area contributed by atoms with E-state index in [1.165, 1.54) is 0 Å². The fraction of sp³-hybridized carbons (Fsp3) is 0.500. The van der Waals surface area contributed by atoms with Crippen LogP contribution in [-0.4, -0.2) is 35.3 Å². The van der Waals surface area contributed by atoms with Crippen molar-refractivity contribution < 1.29 is 23.9 Å². The number of Topliss-reactive ketones (excluding diaryl/α,β-unsaturated/α-hetero) is 2. The summed E-state index contributed by atoms with van der Waals surface area (Å²) in [5.74, 6) is -1.54. The second kappa shape index (κ2) is 7.39. The standard InChI is InChI=1S/C22H26O5/c1-4-5-6-9-14-26-20(25)22-19(24)17-11-8-7-10-16(17)18(23)21(22,27-22)13-12-15(2)3/h7-8,10-12H,4-6,9,13-14H2,1-3H3/t21-,22-/m0/s1. The Morgan fingerprint density at radius 1 is 1.07 bits per heavy atom. The lowest BCUT2D eigenvalue weighted by Gasteiger charge is -2.23. The molecular formula is C22H26O5. The zero-order chi connectivity index (χ0) is 19.7. The molecule has 0 N–H and O–H groups in total. The maximum absolute atomic E-state index is 13.2. The van der Waals surface area contributed by atoms with E-state index >= 15 is 0 Å². The maximum atomic E-state index is 13.2. The van der Waals surface area contributed by atoms with Gasteiger partial charge in [0, 0.05) is 17.5 Å². The van der Waals surface area contributed by atoms with Gasteiger partial charge in [0.25, 0.3) is 5.60 Å². The maximum Gasteiger partial charge on any atom is 0.350 e. The third kappa shape index (κ3) is 3.04. The van der Waals surface area contributed by atoms with Crippen LogP contribution in [0.25, 0.3) is 0 Å². The number of carbonyl (C=O) groups is 3. The molecule has 2 aliphatic rings. The highest BCUT2D eigenvalue weighted by Crippen LogP contribution is 2.58. The molecule has 0 bridgehead atoms. The number of allylic oxidation sites excluding steroid dienone is 1. The normalized spacial score (nSPS) is 25.4. The number of rotatable bonds is 8. The summed E-state index contributed by atoms with van der Waals surface area (Å²) in [5, 5.41) is 0. The topological polar surface area (TPSA) is 73.0 Å². The number of benzene rings is 1. The summed E-state index contributed by atoms with van der Waals surface area (Å²) in [6, 6.07) is 6.57. The molecule has 1 aliphatic carbocycles. The van der Waals surface area contributed by atoms with Crippen LogP contribution in [0.2, 0.25) is 0 Å². The number of esters is 1. The lowest BCUT2D eigenvalue weighted by molar-refractivity contribution is -0.148. The molecule has 3 rings (SSSR count). The number of ether oxygens (including phenoxy) is 2. The zero-order valence-electron chi connectivity index (χ0n) is 16.2. The molecule has 1 aliphatic heterocycles. The molecule has 1 fully saturated rings. The number of epoxide rings is 1. The quantitative estimate of drug-likeness (QED) is 0.227. The van der Waals surface area contributed by atoms with E-state index in [9.17, 15) is 14.4 Å². The van der Waals surface area contributed by atoms with Crippen LogP contribution >= 0.6 is 0 Å². The van der Waals surface area contributed by atoms with Crippen LogP contribution < -0.4 is 0 Å². The Kier molecular flexibility index (Phi) is 5.33. The van der Waals surface area contributed by atoms with E-state index in [1.54, 1.807) is 24.3 Å². The van der Waals surface area contributed by atoms with E-state index in [0.717, 1.165) is 31.3 Å². The number of unbranched alkanes of at least 4 members (excludes halogenated alkanes) is 3. The van der Waals surface area contributed by atoms with Gasteiger partial charge in [-0.2, -0.15) is 0 Å². The number of fused-ring (bicyclic) bond motifs is 2. The van der Waals surface area contributed by atoms with Crippen molar-refractivity contribution in [1.29, 1.82) is 0 Å². The van der Waals surface area contributed by atoms with Crippen LogP contribution in [0.5, 0.6) is 0 Å². The molecule has 27 heavy (non-hydrogen) atoms. The van der Waals surface area contributed by atoms with Gasteiger partial charge < -0.3 is 9.47 Å². The predicted molar refractivity (Wildman–Crippen MR) is 101 cm³/mol. The molecule has 0 unspecified atom stereocenters. The van der Waals surface area contributed by atoms with Gasteiger partial charge in [-0.25, -0.2) is 4.79 Å². The molecular weight excluding hydrogens is 344 g/mol. The number of hydrogen-bond acceptors (Lipinski definition) is 5. The molecule has 0 amide bonds. The van der Waals surface area contributed by atoms with Crippen molar-refractivity contribution in [2.45, 2.75) is 64.1 Å². The Morgan fingerprint density at radius 3 is 2.37 bits per heavy atom. The third-order valence-electron chi connectivity index (χ3n) is 5.27. The van der Waals surface area contributed by atoms with E-state index in [-0.39, 0.29) is 24.4 Å². The van der Waals surface area contributed by atoms with Gasteiger partial charge in [-0.05, 0) is 20.3 Å². The number of hydrogen-bond donors (Lipinski definition) is 0. The highest BCUT2D eigenvalue weighted by molar-refractivity contribution is 6.32. The minimum absolute atomic E-state index is 0.180. The summed E-state index contributed by atoms with van der Waals surface area (Å²) in [7, 11) is 0. The van der Waals surface area contributed by atoms with E-state index in [0.29, 0.717) is 5.56 Å². The molecule has 0 radical (unpaired) electrons. The van der Waals surface area contributed by atoms with Crippen LogP contribution in [0, 0.1) is 0 Å². The van der Waals surface area contributed by atoms with E-state index < -0.39 is 23.0 Å². The monoisotopic (exact) mass is 370 g/mol. The smallest absolute Gasteiger partial charge is 0.350 e. The van der Waals surface area contributed by atoms with Crippen LogP contribution in [0.3, 0.4) is 0 Å². The fourth-order valence-corrected chi connectivity index (χ4v) is 3.68. The van der Waals surface area contributed by atoms with Gasteiger partial charge in [0.05, 0.1) is 6.61 Å². The van der Waals surface area contributed by atoms with E-state index in [1.807, 2.05) is 19.9 Å². The lowest BCUT2D eigenvalue weighted by atomic mass is 9.72. The van der Waals surface area contributed by atoms with Crippen molar-refractivity contribution in [1.82, 2.24) is 0 Å². The molecule has 144 valence electrons. The highest BCUT2D eigenvalue weighted by atomic mass is 16.7. The molecule has 2 atom stereocenters. The molecule has 1 saturated heterocycles. The summed E-state index contributed by atoms with van der Waals surface area (Å²) >= 11 is 0. The molecule has 0 aromatic heterocycles. The average molecular weight is 370 g/mol. The lowest BCUT2D eigenvalue weighted by Crippen LogP contribution is -2.50. The number of carbonyl (C=O) groups excluding carboxylic acids is 3. The largest absolute Gasteiger partial charge is 0.463 e. The van der Waals surface area contributed by atoms with Crippen LogP contribution in [0.15, 0.2) is 35.9 Å². The van der Waals surface area contributed by atoms with Crippen molar-refractivity contribution in [3.8, 4) is 0 Å². The Bertz CT molecular complexity index is 805. The average Bonchev–Trinajstić information content (AvgIpc) is 3.37. The summed E-state index contributed by atoms with van der Waals surface area (Å²) < 4.78 is 11.1. The third-order valence-corrected chi connectivity index (χ3v) is 5.27. The van der Waals surface area contributed by atoms with Crippen molar-refractivity contribution in [3.63, 3.8) is 0 Å². The first-order valence-electron chi connectivity index (χ1n) is 9.60. The number of ketones is 2. The molecule has 1 aromatic rings. The molecule has 5 heteroatoms. The SMILES string of the molecule is CCCCCCOC(=O)[C@]12O[C@@]1(CC=C(C)C)C(=O)c1ccccc1C2=O. The van der Waals surface area contributed by atoms with Crippen LogP contribution in [0.1, 0.15) is 73.6 Å². The molecule has 1 aromatic carbocycles. The zero-order valence-corrected chi connectivity index (χ0v) is 16.2. The van der Waals surface area contributed by atoms with Crippen molar-refractivity contribution >= 4 is 17.5 Å². The van der Waals surface area contributed by atoms with Gasteiger partial charge >= 0.3 is 5.97 Å². The molecule has 5 nitrogen and oxygen atoms in total. The second-order valence-electron chi connectivity index (χ2n) is 7.50. The molecule has 1 heterocycles. The minimum atomic E-state index is -1.84. The summed E-state index contributed by atoms with van der Waals surface area (Å²) in [5.41, 5.74) is -1.78. The molecule has 0 spiro atoms. The Hall–Kier alpha value is -2.27. The Labute approximate surface area is 159 Å². The van der Waals surface area contributed by atoms with E-state index in [4.69, 9.17) is 9.47 Å². The second-order valence-corrected chi connectivity index (χ2v) is 7.50. The summed E-state index contributed by atoms with van der Waals surface area (Å²) in [4.78, 5) is 39.2. The van der Waals surface area contributed by atoms with E-state index in [2.05, 4.69) is 6.92 Å². The Balaban J connectivity index is 1.90. The van der Waals surface area contributed by atoms with Gasteiger partial charge in [0.1, 0.15) is 0 Å². The first-order valence-corrected chi connectivity index (χ1v) is 9.60. The van der Waals surface area contributed by atoms with Gasteiger partial charge in [-0.15, -0.1) is 0 Å². The van der Waals surface area contributed by atoms with Gasteiger partial charge in [0.2, 0.25) is 5.78 Å². The minimum Gasteiger partial charge on any atom is -0.463 e.